The highest BCUT2D eigenvalue weighted by Crippen LogP contribution is 2.29. The zero-order valence-electron chi connectivity index (χ0n) is 17.5. The van der Waals surface area contributed by atoms with Gasteiger partial charge in [-0.25, -0.2) is 22.8 Å². The first-order valence-electron chi connectivity index (χ1n) is 9.56. The Morgan fingerprint density at radius 3 is 2.26 bits per heavy atom. The van der Waals surface area contributed by atoms with Crippen molar-refractivity contribution in [2.24, 2.45) is 0 Å². The first-order chi connectivity index (χ1) is 16.3. The van der Waals surface area contributed by atoms with Crippen LogP contribution < -0.4 is 15.7 Å². The summed E-state index contributed by atoms with van der Waals surface area (Å²) in [6.45, 7) is -0.747. The van der Waals surface area contributed by atoms with Crippen LogP contribution in [0.5, 0.6) is 5.75 Å². The van der Waals surface area contributed by atoms with Gasteiger partial charge in [0.25, 0.3) is 5.91 Å². The van der Waals surface area contributed by atoms with E-state index in [4.69, 9.17) is 0 Å². The lowest BCUT2D eigenvalue weighted by Gasteiger charge is -2.15. The Morgan fingerprint density at radius 1 is 1.11 bits per heavy atom. The van der Waals surface area contributed by atoms with Crippen LogP contribution in [0.4, 0.5) is 32.0 Å². The number of hydrogen-bond donors (Lipinski definition) is 2. The Kier molecular flexibility index (Phi) is 6.89. The fourth-order valence-electron chi connectivity index (χ4n) is 2.96. The maximum Gasteiger partial charge on any atom is 0.422 e. The lowest BCUT2D eigenvalue weighted by atomic mass is 10.1. The molecule has 0 bridgehead atoms. The van der Waals surface area contributed by atoms with Crippen molar-refractivity contribution in [2.45, 2.75) is 19.6 Å². The quantitative estimate of drug-likeness (QED) is 0.477. The summed E-state index contributed by atoms with van der Waals surface area (Å²) in [5.41, 5.74) is -3.83. The Morgan fingerprint density at radius 2 is 1.74 bits per heavy atom. The second-order valence-corrected chi connectivity index (χ2v) is 6.82. The maximum absolute atomic E-state index is 14.9. The Bertz CT molecular complexity index is 1350. The highest BCUT2D eigenvalue weighted by molar-refractivity contribution is 6.06. The van der Waals surface area contributed by atoms with Crippen LogP contribution in [0.25, 0.3) is 5.69 Å². The lowest BCUT2D eigenvalue weighted by Crippen LogP contribution is -2.26. The van der Waals surface area contributed by atoms with Crippen LogP contribution in [0.3, 0.4) is 0 Å². The number of para-hydroxylation sites is 1. The van der Waals surface area contributed by atoms with Gasteiger partial charge >= 0.3 is 17.8 Å². The summed E-state index contributed by atoms with van der Waals surface area (Å²) in [4.78, 5) is 36.4. The van der Waals surface area contributed by atoms with Crippen LogP contribution in [0.2, 0.25) is 0 Å². The van der Waals surface area contributed by atoms with E-state index in [1.807, 2.05) is 0 Å². The summed E-state index contributed by atoms with van der Waals surface area (Å²) < 4.78 is 86.4. The number of benzene rings is 2. The van der Waals surface area contributed by atoms with E-state index in [0.29, 0.717) is 16.7 Å². The number of carbonyl (C=O) groups is 2. The maximum atomic E-state index is 14.9. The smallest absolute Gasteiger partial charge is 0.422 e. The van der Waals surface area contributed by atoms with Gasteiger partial charge in [-0.2, -0.15) is 17.9 Å². The fraction of sp³-hybridized carbons (Fsp3) is 0.200. The molecule has 0 fully saturated rings. The van der Waals surface area contributed by atoms with Gasteiger partial charge in [0.05, 0.1) is 5.56 Å². The van der Waals surface area contributed by atoms with E-state index < -0.39 is 76.3 Å². The van der Waals surface area contributed by atoms with Crippen molar-refractivity contribution >= 4 is 17.6 Å². The third kappa shape index (κ3) is 5.28. The summed E-state index contributed by atoms with van der Waals surface area (Å²) in [5.74, 6) is -8.62. The van der Waals surface area contributed by atoms with E-state index in [9.17, 15) is 45.8 Å². The normalized spacial score (nSPS) is 11.4. The zero-order chi connectivity index (χ0) is 26.1. The molecule has 1 heterocycles. The number of nitrogens with one attached hydrogen (secondary N) is 1. The van der Waals surface area contributed by atoms with E-state index in [-0.39, 0.29) is 11.2 Å². The van der Waals surface area contributed by atoms with Crippen LogP contribution >= 0.6 is 0 Å². The molecule has 0 aliphatic rings. The van der Waals surface area contributed by atoms with Gasteiger partial charge in [0.15, 0.2) is 6.61 Å². The molecule has 9 nitrogen and oxygen atoms in total. The van der Waals surface area contributed by atoms with Crippen molar-refractivity contribution in [2.75, 3.05) is 11.9 Å². The van der Waals surface area contributed by atoms with Crippen LogP contribution in [0.1, 0.15) is 27.9 Å². The monoisotopic (exact) mass is 504 g/mol. The molecule has 0 atom stereocenters. The molecule has 0 saturated carbocycles. The predicted molar refractivity (Wildman–Crippen MR) is 106 cm³/mol. The average Bonchev–Trinajstić information content (AvgIpc) is 3.11. The minimum atomic E-state index is -4.91. The number of amides is 1. The zero-order valence-corrected chi connectivity index (χ0v) is 17.5. The molecule has 3 rings (SSSR count). The molecule has 15 heteroatoms. The highest BCUT2D eigenvalue weighted by Gasteiger charge is 2.31. The van der Waals surface area contributed by atoms with Gasteiger partial charge in [-0.3, -0.25) is 9.36 Å². The molecule has 0 saturated heterocycles. The summed E-state index contributed by atoms with van der Waals surface area (Å²) in [6, 6.07) is 3.44. The van der Waals surface area contributed by atoms with E-state index in [1.54, 1.807) is 5.32 Å². The second kappa shape index (κ2) is 9.52. The number of aromatic carboxylic acids is 1. The number of carboxylic acid groups (broad SMARTS) is 1. The van der Waals surface area contributed by atoms with Gasteiger partial charge in [-0.15, -0.1) is 5.10 Å². The number of hydrogen-bond acceptors (Lipinski definition) is 5. The Hall–Kier alpha value is -4.30. The number of halogens is 6. The van der Waals surface area contributed by atoms with Gasteiger partial charge in [-0.05, 0) is 25.1 Å². The largest absolute Gasteiger partial charge is 0.483 e. The number of rotatable bonds is 7. The van der Waals surface area contributed by atoms with Crippen molar-refractivity contribution in [3.05, 3.63) is 69.7 Å². The Balaban J connectivity index is 2.14. The number of nitrogens with zero attached hydrogens (tertiary/aromatic N) is 3. The second-order valence-electron chi connectivity index (χ2n) is 6.82. The van der Waals surface area contributed by atoms with Gasteiger partial charge in [0.1, 0.15) is 34.6 Å². The van der Waals surface area contributed by atoms with E-state index in [2.05, 4.69) is 9.84 Å². The van der Waals surface area contributed by atoms with Crippen LogP contribution in [0.15, 0.2) is 35.1 Å². The van der Waals surface area contributed by atoms with Gasteiger partial charge < -0.3 is 15.2 Å². The van der Waals surface area contributed by atoms with Gasteiger partial charge in [0.2, 0.25) is 5.82 Å². The SMILES string of the molecule is CCn1c(C(=O)O)nn(-c2cc(OCC(F)(F)F)c(C(=O)Nc3c(F)cccc3F)cc2F)c1=O. The number of carboxylic acids is 1. The minimum Gasteiger partial charge on any atom is -0.483 e. The third-order valence-corrected chi connectivity index (χ3v) is 4.48. The van der Waals surface area contributed by atoms with Crippen molar-refractivity contribution in [3.63, 3.8) is 0 Å². The molecule has 0 spiro atoms. The number of anilines is 1. The van der Waals surface area contributed by atoms with E-state index >= 15 is 0 Å². The lowest BCUT2D eigenvalue weighted by molar-refractivity contribution is -0.153. The molecule has 186 valence electrons. The molecular weight excluding hydrogens is 490 g/mol. The van der Waals surface area contributed by atoms with Crippen molar-refractivity contribution in [1.29, 1.82) is 0 Å². The van der Waals surface area contributed by atoms with Crippen molar-refractivity contribution < 1.29 is 45.8 Å². The topological polar surface area (TPSA) is 115 Å². The molecule has 0 aliphatic heterocycles. The molecule has 0 unspecified atom stereocenters. The molecule has 1 amide bonds. The molecule has 0 radical (unpaired) electrons. The fourth-order valence-corrected chi connectivity index (χ4v) is 2.96. The average molecular weight is 504 g/mol. The van der Waals surface area contributed by atoms with Crippen molar-refractivity contribution in [3.8, 4) is 11.4 Å². The van der Waals surface area contributed by atoms with E-state index in [1.165, 1.54) is 6.92 Å². The molecule has 2 aromatic carbocycles. The molecule has 3 aromatic rings. The Labute approximate surface area is 191 Å². The van der Waals surface area contributed by atoms with Crippen LogP contribution in [-0.2, 0) is 6.54 Å². The highest BCUT2D eigenvalue weighted by atomic mass is 19.4. The number of ether oxygens (including phenoxy) is 1. The minimum absolute atomic E-state index is 0.186. The first kappa shape index (κ1) is 25.3. The van der Waals surface area contributed by atoms with E-state index in [0.717, 1.165) is 18.2 Å². The number of carbonyl (C=O) groups excluding carboxylic acids is 1. The van der Waals surface area contributed by atoms with Gasteiger partial charge in [-0.1, -0.05) is 6.07 Å². The summed E-state index contributed by atoms with van der Waals surface area (Å²) in [7, 11) is 0. The third-order valence-electron chi connectivity index (χ3n) is 4.48. The van der Waals surface area contributed by atoms with Gasteiger partial charge in [0, 0.05) is 12.6 Å². The molecule has 2 N–H and O–H groups in total. The molecule has 0 aliphatic carbocycles. The molecule has 35 heavy (non-hydrogen) atoms. The molecular formula is C20H14F6N4O5. The number of aromatic nitrogens is 3. The predicted octanol–water partition coefficient (Wildman–Crippen LogP) is 3.36. The van der Waals surface area contributed by atoms with Crippen molar-refractivity contribution in [1.82, 2.24) is 14.3 Å². The summed E-state index contributed by atoms with van der Waals surface area (Å²) in [6.07, 6.45) is -4.91. The summed E-state index contributed by atoms with van der Waals surface area (Å²) >= 11 is 0. The molecule has 1 aromatic heterocycles. The van der Waals surface area contributed by atoms with Crippen LogP contribution in [0, 0.1) is 17.5 Å². The standard InChI is InChI=1S/C20H14F6N4O5/c1-2-29-16(18(32)33)28-30(19(29)34)13-7-14(35-8-20(24,25)26)9(6-12(13)23)17(31)27-15-10(21)4-3-5-11(15)22/h3-7H,2,8H2,1H3,(H,27,31)(H,32,33). The van der Waals surface area contributed by atoms with Crippen LogP contribution in [-0.4, -0.2) is 44.1 Å². The number of alkyl halides is 3. The summed E-state index contributed by atoms with van der Waals surface area (Å²) in [5, 5.41) is 14.4. The first-order valence-corrected chi connectivity index (χ1v) is 9.56.